The summed E-state index contributed by atoms with van der Waals surface area (Å²) in [5, 5.41) is 8.28. The van der Waals surface area contributed by atoms with Gasteiger partial charge < -0.3 is 0 Å². The predicted molar refractivity (Wildman–Crippen MR) is 68.2 cm³/mol. The summed E-state index contributed by atoms with van der Waals surface area (Å²) < 4.78 is 1.83. The smallest absolute Gasteiger partial charge is 0.0965 e. The van der Waals surface area contributed by atoms with Crippen LogP contribution in [0.5, 0.6) is 0 Å². The van der Waals surface area contributed by atoms with Crippen molar-refractivity contribution < 1.29 is 0 Å². The molecule has 1 atom stereocenters. The highest BCUT2D eigenvalue weighted by atomic mass is 79.9. The fourth-order valence-electron chi connectivity index (χ4n) is 1.56. The van der Waals surface area contributed by atoms with Crippen molar-refractivity contribution in [3.8, 4) is 5.69 Å². The van der Waals surface area contributed by atoms with Crippen molar-refractivity contribution in [3.63, 3.8) is 0 Å². The summed E-state index contributed by atoms with van der Waals surface area (Å²) >= 11 is 3.49. The lowest BCUT2D eigenvalue weighted by atomic mass is 10.1. The van der Waals surface area contributed by atoms with Crippen molar-refractivity contribution in [3.05, 3.63) is 41.2 Å². The van der Waals surface area contributed by atoms with Crippen molar-refractivity contribution in [2.75, 3.05) is 0 Å². The van der Waals surface area contributed by atoms with Gasteiger partial charge in [0, 0.05) is 0 Å². The Hall–Kier alpha value is -1.16. The Morgan fingerprint density at radius 2 is 2.06 bits per heavy atom. The zero-order valence-electron chi connectivity index (χ0n) is 9.61. The number of halogens is 1. The topological polar surface area (TPSA) is 30.7 Å². The van der Waals surface area contributed by atoms with Crippen LogP contribution >= 0.6 is 15.9 Å². The molecule has 0 fully saturated rings. The molecule has 0 bridgehead atoms. The maximum atomic E-state index is 4.15. The molecule has 1 aromatic carbocycles. The highest BCUT2D eigenvalue weighted by molar-refractivity contribution is 9.09. The van der Waals surface area contributed by atoms with Gasteiger partial charge in [-0.2, -0.15) is 0 Å². The van der Waals surface area contributed by atoms with Gasteiger partial charge >= 0.3 is 0 Å². The number of hydrogen-bond acceptors (Lipinski definition) is 2. The number of aromatic nitrogens is 3. The van der Waals surface area contributed by atoms with Gasteiger partial charge in [0.1, 0.15) is 0 Å². The van der Waals surface area contributed by atoms with E-state index >= 15 is 0 Å². The maximum absolute atomic E-state index is 4.15. The average Bonchev–Trinajstić information content (AvgIpc) is 2.71. The zero-order chi connectivity index (χ0) is 11.7. The van der Waals surface area contributed by atoms with Crippen molar-refractivity contribution in [1.29, 1.82) is 0 Å². The molecule has 2 rings (SSSR count). The van der Waals surface area contributed by atoms with E-state index in [4.69, 9.17) is 0 Å². The molecule has 2 aromatic rings. The number of aryl methyl sites for hydroxylation is 1. The minimum absolute atomic E-state index is 0.228. The predicted octanol–water partition coefficient (Wildman–Crippen LogP) is 3.34. The van der Waals surface area contributed by atoms with Gasteiger partial charge in [0.15, 0.2) is 0 Å². The average molecular weight is 280 g/mol. The standard InChI is InChI=1S/C12H14BrN3/c1-8-5-4-6-12(9(8)2)16-7-11(10(3)13)14-15-16/h4-7,10H,1-3H3. The molecule has 0 saturated heterocycles. The maximum Gasteiger partial charge on any atom is 0.0965 e. The van der Waals surface area contributed by atoms with Gasteiger partial charge in [-0.15, -0.1) is 5.10 Å². The van der Waals surface area contributed by atoms with Crippen molar-refractivity contribution in [2.45, 2.75) is 25.6 Å². The molecule has 0 radical (unpaired) electrons. The first-order valence-electron chi connectivity index (χ1n) is 5.22. The molecule has 0 aliphatic rings. The van der Waals surface area contributed by atoms with Crippen LogP contribution in [0.2, 0.25) is 0 Å². The summed E-state index contributed by atoms with van der Waals surface area (Å²) in [6.07, 6.45) is 1.96. The molecular weight excluding hydrogens is 266 g/mol. The summed E-state index contributed by atoms with van der Waals surface area (Å²) in [7, 11) is 0. The number of benzene rings is 1. The van der Waals surface area contributed by atoms with Crippen LogP contribution in [0.15, 0.2) is 24.4 Å². The lowest BCUT2D eigenvalue weighted by Gasteiger charge is -2.07. The first-order chi connectivity index (χ1) is 7.59. The molecule has 4 heteroatoms. The fraction of sp³-hybridized carbons (Fsp3) is 0.333. The van der Waals surface area contributed by atoms with Crippen LogP contribution in [0.25, 0.3) is 5.69 Å². The van der Waals surface area contributed by atoms with Crippen LogP contribution in [0.4, 0.5) is 0 Å². The fourth-order valence-corrected chi connectivity index (χ4v) is 1.77. The third kappa shape index (κ3) is 2.02. The van der Waals surface area contributed by atoms with Gasteiger partial charge in [0.05, 0.1) is 22.4 Å². The quantitative estimate of drug-likeness (QED) is 0.790. The normalized spacial score (nSPS) is 12.8. The van der Waals surface area contributed by atoms with Crippen LogP contribution in [-0.2, 0) is 0 Å². The molecule has 0 N–H and O–H groups in total. The number of nitrogens with zero attached hydrogens (tertiary/aromatic N) is 3. The van der Waals surface area contributed by atoms with Crippen molar-refractivity contribution >= 4 is 15.9 Å². The van der Waals surface area contributed by atoms with E-state index in [9.17, 15) is 0 Å². The Kier molecular flexibility index (Phi) is 3.10. The molecule has 16 heavy (non-hydrogen) atoms. The molecule has 0 aliphatic carbocycles. The van der Waals surface area contributed by atoms with Gasteiger partial charge in [-0.25, -0.2) is 4.68 Å². The van der Waals surface area contributed by atoms with Gasteiger partial charge in [-0.1, -0.05) is 33.3 Å². The highest BCUT2D eigenvalue weighted by Gasteiger charge is 2.09. The van der Waals surface area contributed by atoms with E-state index in [2.05, 4.69) is 52.2 Å². The highest BCUT2D eigenvalue weighted by Crippen LogP contribution is 2.21. The second-order valence-electron chi connectivity index (χ2n) is 3.92. The van der Waals surface area contributed by atoms with Crippen molar-refractivity contribution in [2.24, 2.45) is 0 Å². The van der Waals surface area contributed by atoms with Gasteiger partial charge in [-0.05, 0) is 38.0 Å². The lowest BCUT2D eigenvalue weighted by Crippen LogP contribution is -1.99. The Morgan fingerprint density at radius 3 is 2.69 bits per heavy atom. The number of rotatable bonds is 2. The second kappa shape index (κ2) is 4.37. The largest absolute Gasteiger partial charge is 0.220 e. The van der Waals surface area contributed by atoms with Crippen LogP contribution in [0.3, 0.4) is 0 Å². The summed E-state index contributed by atoms with van der Waals surface area (Å²) in [6, 6.07) is 6.19. The second-order valence-corrected chi connectivity index (χ2v) is 5.30. The Bertz CT molecular complexity index is 503. The van der Waals surface area contributed by atoms with E-state index in [1.165, 1.54) is 11.1 Å². The van der Waals surface area contributed by atoms with E-state index in [0.29, 0.717) is 0 Å². The Labute approximate surface area is 104 Å². The lowest BCUT2D eigenvalue weighted by molar-refractivity contribution is 0.792. The van der Waals surface area contributed by atoms with Gasteiger partial charge in [-0.3, -0.25) is 0 Å². The van der Waals surface area contributed by atoms with E-state index < -0.39 is 0 Å². The summed E-state index contributed by atoms with van der Waals surface area (Å²) in [6.45, 7) is 6.24. The van der Waals surface area contributed by atoms with Gasteiger partial charge in [0.25, 0.3) is 0 Å². The Morgan fingerprint density at radius 1 is 1.31 bits per heavy atom. The van der Waals surface area contributed by atoms with Crippen molar-refractivity contribution in [1.82, 2.24) is 15.0 Å². The Balaban J connectivity index is 2.47. The molecule has 0 saturated carbocycles. The number of hydrogen-bond donors (Lipinski definition) is 0. The molecule has 0 aliphatic heterocycles. The molecular formula is C12H14BrN3. The third-order valence-electron chi connectivity index (χ3n) is 2.74. The van der Waals surface area contributed by atoms with E-state index in [1.807, 2.05) is 23.9 Å². The summed E-state index contributed by atoms with van der Waals surface area (Å²) in [5.41, 5.74) is 4.54. The van der Waals surface area contributed by atoms with E-state index in [0.717, 1.165) is 11.4 Å². The zero-order valence-corrected chi connectivity index (χ0v) is 11.2. The van der Waals surface area contributed by atoms with E-state index in [-0.39, 0.29) is 4.83 Å². The van der Waals surface area contributed by atoms with E-state index in [1.54, 1.807) is 0 Å². The molecule has 1 aromatic heterocycles. The molecule has 0 amide bonds. The minimum Gasteiger partial charge on any atom is -0.220 e. The van der Waals surface area contributed by atoms with Crippen LogP contribution in [0, 0.1) is 13.8 Å². The summed E-state index contributed by atoms with van der Waals surface area (Å²) in [4.78, 5) is 0.228. The first-order valence-corrected chi connectivity index (χ1v) is 6.14. The SMILES string of the molecule is Cc1cccc(-n2cc(C(C)Br)nn2)c1C. The van der Waals surface area contributed by atoms with Crippen LogP contribution in [-0.4, -0.2) is 15.0 Å². The molecule has 1 unspecified atom stereocenters. The third-order valence-corrected chi connectivity index (χ3v) is 3.21. The molecule has 1 heterocycles. The first kappa shape index (κ1) is 11.3. The minimum atomic E-state index is 0.228. The summed E-state index contributed by atoms with van der Waals surface area (Å²) in [5.74, 6) is 0. The molecule has 0 spiro atoms. The monoisotopic (exact) mass is 279 g/mol. The molecule has 3 nitrogen and oxygen atoms in total. The molecule has 84 valence electrons. The van der Waals surface area contributed by atoms with Crippen LogP contribution in [0.1, 0.15) is 28.6 Å². The van der Waals surface area contributed by atoms with Crippen LogP contribution < -0.4 is 0 Å². The van der Waals surface area contributed by atoms with Gasteiger partial charge in [0.2, 0.25) is 0 Å². The number of alkyl halides is 1.